The van der Waals surface area contributed by atoms with Crippen LogP contribution in [0.4, 0.5) is 26.3 Å². The van der Waals surface area contributed by atoms with Crippen molar-refractivity contribution in [2.75, 3.05) is 0 Å². The van der Waals surface area contributed by atoms with E-state index in [2.05, 4.69) is 23.2 Å². The molecule has 0 N–H and O–H groups in total. The number of rotatable bonds is 4. The van der Waals surface area contributed by atoms with Crippen LogP contribution in [0.1, 0.15) is 0 Å². The van der Waals surface area contributed by atoms with Crippen molar-refractivity contribution in [1.82, 2.24) is 0 Å². The minimum Gasteiger partial charge on any atom is -0.222 e. The van der Waals surface area contributed by atoms with Gasteiger partial charge >= 0.3 is 10.5 Å². The lowest BCUT2D eigenvalue weighted by atomic mass is 10.8. The molecule has 0 radical (unpaired) electrons. The summed E-state index contributed by atoms with van der Waals surface area (Å²) in [5.41, 5.74) is -6.67. The minimum atomic E-state index is -4.59. The summed E-state index contributed by atoms with van der Waals surface area (Å²) in [5, 5.41) is -9.19. The Morgan fingerprint density at radius 3 is 1.23 bits per heavy atom. The highest BCUT2D eigenvalue weighted by molar-refractivity contribution is 8.01. The minimum absolute atomic E-state index is 1.56. The van der Waals surface area contributed by atoms with E-state index in [0.717, 1.165) is 0 Å². The normalized spacial score (nSPS) is 18.5. The zero-order valence-electron chi connectivity index (χ0n) is 5.59. The highest BCUT2D eigenvalue weighted by Crippen LogP contribution is 2.48. The fraction of sp³-hybridized carbons (Fsp3) is 1.00. The van der Waals surface area contributed by atoms with Crippen LogP contribution in [0.15, 0.2) is 0 Å². The van der Waals surface area contributed by atoms with Gasteiger partial charge in [0.2, 0.25) is 11.3 Å². The summed E-state index contributed by atoms with van der Waals surface area (Å²) in [7, 11) is 0. The first kappa shape index (κ1) is 13.5. The second-order valence-corrected chi connectivity index (χ2v) is 3.89. The van der Waals surface area contributed by atoms with Gasteiger partial charge in [0.1, 0.15) is 0 Å². The van der Waals surface area contributed by atoms with Crippen molar-refractivity contribution in [2.45, 2.75) is 21.8 Å². The Labute approximate surface area is 83.6 Å². The molecule has 0 bridgehead atoms. The van der Waals surface area contributed by atoms with Gasteiger partial charge in [-0.15, -0.1) is 0 Å². The lowest BCUT2D eigenvalue weighted by Gasteiger charge is -2.22. The van der Waals surface area contributed by atoms with E-state index in [0.29, 0.717) is 0 Å². The molecule has 80 valence electrons. The van der Waals surface area contributed by atoms with Crippen LogP contribution in [-0.2, 0) is 0 Å². The smallest absolute Gasteiger partial charge is 0.222 e. The lowest BCUT2D eigenvalue weighted by Crippen LogP contribution is -2.32. The first-order valence-electron chi connectivity index (χ1n) is 2.61. The van der Waals surface area contributed by atoms with Crippen LogP contribution < -0.4 is 0 Å². The molecule has 0 aromatic carbocycles. The molecule has 0 aromatic heterocycles. The molecule has 0 heterocycles. The van der Waals surface area contributed by atoms with Crippen molar-refractivity contribution >= 4 is 35.0 Å². The monoisotopic (exact) mass is 266 g/mol. The third-order valence-electron chi connectivity index (χ3n) is 0.780. The maximum absolute atomic E-state index is 12.2. The van der Waals surface area contributed by atoms with Crippen molar-refractivity contribution < 1.29 is 26.3 Å². The number of hydrogen-bond acceptors (Lipinski definition) is 1. The topological polar surface area (TPSA) is 0 Å². The molecule has 13 heavy (non-hydrogen) atoms. The predicted octanol–water partition coefficient (Wildman–Crippen LogP) is 3.97. The van der Waals surface area contributed by atoms with Crippen LogP contribution in [0.5, 0.6) is 0 Å². The van der Waals surface area contributed by atoms with E-state index in [9.17, 15) is 26.3 Å². The molecule has 0 aliphatic heterocycles. The van der Waals surface area contributed by atoms with Crippen molar-refractivity contribution in [3.05, 3.63) is 0 Å². The van der Waals surface area contributed by atoms with E-state index in [-0.39, 0.29) is 0 Å². The standard InChI is InChI=1S/C4H2Cl2F6S/c5-1(7)3(9,10)13-4(11,12)2(6)8/h1-2H. The summed E-state index contributed by atoms with van der Waals surface area (Å²) < 4.78 is 72.1. The van der Waals surface area contributed by atoms with Crippen LogP contribution in [0.25, 0.3) is 0 Å². The first-order chi connectivity index (χ1) is 5.59. The SMILES string of the molecule is FC(Cl)C(F)(F)SC(F)(F)C(F)Cl. The maximum Gasteiger partial charge on any atom is 0.343 e. The molecule has 0 aromatic rings. The second-order valence-electron chi connectivity index (χ2n) is 1.83. The van der Waals surface area contributed by atoms with E-state index >= 15 is 0 Å². The zero-order valence-corrected chi connectivity index (χ0v) is 7.92. The van der Waals surface area contributed by atoms with Gasteiger partial charge < -0.3 is 0 Å². The van der Waals surface area contributed by atoms with Gasteiger partial charge in [-0.3, -0.25) is 0 Å². The molecule has 0 saturated carbocycles. The average Bonchev–Trinajstić information content (AvgIpc) is 1.83. The number of halogens is 8. The van der Waals surface area contributed by atoms with E-state index in [1.807, 2.05) is 0 Å². The second kappa shape index (κ2) is 4.35. The molecule has 2 atom stereocenters. The molecule has 2 unspecified atom stereocenters. The Kier molecular flexibility index (Phi) is 4.52. The molecular formula is C4H2Cl2F6S. The number of thioether (sulfide) groups is 1. The zero-order chi connectivity index (χ0) is 10.9. The van der Waals surface area contributed by atoms with E-state index in [4.69, 9.17) is 0 Å². The fourth-order valence-electron chi connectivity index (χ4n) is 0.271. The predicted molar refractivity (Wildman–Crippen MR) is 39.0 cm³/mol. The Balaban J connectivity index is 4.42. The van der Waals surface area contributed by atoms with Crippen LogP contribution in [-0.4, -0.2) is 21.8 Å². The molecule has 0 fully saturated rings. The Morgan fingerprint density at radius 1 is 0.846 bits per heavy atom. The summed E-state index contributed by atoms with van der Waals surface area (Å²) in [6.07, 6.45) is 0. The fourth-order valence-corrected chi connectivity index (χ4v) is 1.08. The highest BCUT2D eigenvalue weighted by Gasteiger charge is 2.53. The Bertz CT molecular complexity index is 154. The Morgan fingerprint density at radius 2 is 1.08 bits per heavy atom. The largest absolute Gasteiger partial charge is 0.343 e. The van der Waals surface area contributed by atoms with E-state index in [1.54, 1.807) is 0 Å². The average molecular weight is 267 g/mol. The first-order valence-corrected chi connectivity index (χ1v) is 4.30. The molecule has 0 nitrogen and oxygen atoms in total. The summed E-state index contributed by atoms with van der Waals surface area (Å²) in [6, 6.07) is 0. The number of hydrogen-bond donors (Lipinski definition) is 0. The van der Waals surface area contributed by atoms with E-state index in [1.165, 1.54) is 0 Å². The van der Waals surface area contributed by atoms with Gasteiger partial charge in [-0.2, -0.15) is 17.6 Å². The van der Waals surface area contributed by atoms with Crippen molar-refractivity contribution in [1.29, 1.82) is 0 Å². The summed E-state index contributed by atoms with van der Waals surface area (Å²) in [6.45, 7) is 0. The van der Waals surface area contributed by atoms with Gasteiger partial charge in [0.15, 0.2) is 0 Å². The number of alkyl halides is 8. The van der Waals surface area contributed by atoms with Crippen molar-refractivity contribution in [3.63, 3.8) is 0 Å². The van der Waals surface area contributed by atoms with Gasteiger partial charge in [-0.05, 0) is 11.8 Å². The van der Waals surface area contributed by atoms with Crippen LogP contribution >= 0.6 is 35.0 Å². The van der Waals surface area contributed by atoms with Crippen molar-refractivity contribution in [3.8, 4) is 0 Å². The molecular weight excluding hydrogens is 265 g/mol. The quantitative estimate of drug-likeness (QED) is 0.548. The third-order valence-corrected chi connectivity index (χ3v) is 2.55. The van der Waals surface area contributed by atoms with Gasteiger partial charge in [0.05, 0.1) is 0 Å². The lowest BCUT2D eigenvalue weighted by molar-refractivity contribution is 0.0188. The molecule has 0 aliphatic carbocycles. The van der Waals surface area contributed by atoms with Crippen LogP contribution in [0.3, 0.4) is 0 Å². The summed E-state index contributed by atoms with van der Waals surface area (Å²) >= 11 is 6.93. The maximum atomic E-state index is 12.2. The van der Waals surface area contributed by atoms with Gasteiger partial charge in [0.25, 0.3) is 0 Å². The molecule has 9 heteroatoms. The van der Waals surface area contributed by atoms with Crippen molar-refractivity contribution in [2.24, 2.45) is 0 Å². The molecule has 0 saturated heterocycles. The molecule has 0 amide bonds. The Hall–Kier alpha value is 0.510. The van der Waals surface area contributed by atoms with Crippen LogP contribution in [0, 0.1) is 0 Å². The highest BCUT2D eigenvalue weighted by atomic mass is 35.5. The van der Waals surface area contributed by atoms with Gasteiger partial charge in [-0.1, -0.05) is 23.2 Å². The summed E-state index contributed by atoms with van der Waals surface area (Å²) in [4.78, 5) is 0. The van der Waals surface area contributed by atoms with E-state index < -0.39 is 33.5 Å². The van der Waals surface area contributed by atoms with Gasteiger partial charge in [0, 0.05) is 0 Å². The molecule has 0 rings (SSSR count). The molecule has 0 aliphatic rings. The summed E-state index contributed by atoms with van der Waals surface area (Å²) in [5.74, 6) is 0. The van der Waals surface area contributed by atoms with Gasteiger partial charge in [-0.25, -0.2) is 8.78 Å². The third kappa shape index (κ3) is 4.03. The molecule has 0 spiro atoms. The van der Waals surface area contributed by atoms with Crippen LogP contribution in [0.2, 0.25) is 0 Å².